The number of pyridine rings is 1. The predicted molar refractivity (Wildman–Crippen MR) is 108 cm³/mol. The first-order valence-electron chi connectivity index (χ1n) is 9.57. The van der Waals surface area contributed by atoms with Gasteiger partial charge < -0.3 is 10.2 Å². The molecule has 0 atom stereocenters. The zero-order chi connectivity index (χ0) is 20.1. The molecule has 4 rings (SSSR count). The number of aromatic nitrogens is 3. The second-order valence-corrected chi connectivity index (χ2v) is 6.96. The highest BCUT2D eigenvalue weighted by Gasteiger charge is 2.25. The zero-order valence-corrected chi connectivity index (χ0v) is 15.9. The molecule has 7 heteroatoms. The molecule has 1 aromatic carbocycles. The summed E-state index contributed by atoms with van der Waals surface area (Å²) in [6.45, 7) is 1.22. The first-order valence-corrected chi connectivity index (χ1v) is 9.57. The number of amides is 2. The number of hydrogen-bond donors (Lipinski definition) is 1. The lowest BCUT2D eigenvalue weighted by Crippen LogP contribution is -2.46. The van der Waals surface area contributed by atoms with Gasteiger partial charge in [0.15, 0.2) is 0 Å². The van der Waals surface area contributed by atoms with Gasteiger partial charge in [0.05, 0.1) is 0 Å². The van der Waals surface area contributed by atoms with Crippen LogP contribution in [-0.2, 0) is 0 Å². The summed E-state index contributed by atoms with van der Waals surface area (Å²) in [5.74, 6) is -0.161. The fourth-order valence-corrected chi connectivity index (χ4v) is 3.42. The summed E-state index contributed by atoms with van der Waals surface area (Å²) >= 11 is 0. The minimum Gasteiger partial charge on any atom is -0.348 e. The number of carbonyl (C=O) groups excluding carboxylic acids is 2. The van der Waals surface area contributed by atoms with E-state index in [-0.39, 0.29) is 17.9 Å². The molecule has 0 radical (unpaired) electrons. The average Bonchev–Trinajstić information content (AvgIpc) is 2.80. The highest BCUT2D eigenvalue weighted by atomic mass is 16.2. The van der Waals surface area contributed by atoms with Crippen molar-refractivity contribution in [2.45, 2.75) is 18.9 Å². The van der Waals surface area contributed by atoms with Crippen molar-refractivity contribution in [3.05, 3.63) is 78.6 Å². The van der Waals surface area contributed by atoms with E-state index in [9.17, 15) is 9.59 Å². The molecule has 2 amide bonds. The van der Waals surface area contributed by atoms with Crippen LogP contribution < -0.4 is 5.32 Å². The predicted octanol–water partition coefficient (Wildman–Crippen LogP) is 2.57. The van der Waals surface area contributed by atoms with Crippen LogP contribution in [0.1, 0.15) is 33.7 Å². The van der Waals surface area contributed by atoms with Gasteiger partial charge in [-0.2, -0.15) is 0 Å². The first-order chi connectivity index (χ1) is 14.2. The zero-order valence-electron chi connectivity index (χ0n) is 15.9. The maximum absolute atomic E-state index is 12.8. The number of piperidine rings is 1. The fraction of sp³-hybridized carbons (Fsp3) is 0.227. The van der Waals surface area contributed by atoms with Gasteiger partial charge in [0.2, 0.25) is 0 Å². The maximum atomic E-state index is 12.8. The van der Waals surface area contributed by atoms with Crippen molar-refractivity contribution in [1.29, 1.82) is 0 Å². The monoisotopic (exact) mass is 387 g/mol. The van der Waals surface area contributed by atoms with Crippen LogP contribution in [0.5, 0.6) is 0 Å². The quantitative estimate of drug-likeness (QED) is 0.743. The van der Waals surface area contributed by atoms with E-state index in [4.69, 9.17) is 0 Å². The van der Waals surface area contributed by atoms with Crippen LogP contribution in [0.4, 0.5) is 0 Å². The Morgan fingerprint density at radius 1 is 0.931 bits per heavy atom. The van der Waals surface area contributed by atoms with Crippen LogP contribution in [0, 0.1) is 0 Å². The average molecular weight is 387 g/mol. The summed E-state index contributed by atoms with van der Waals surface area (Å²) in [4.78, 5) is 39.0. The van der Waals surface area contributed by atoms with E-state index in [0.29, 0.717) is 24.3 Å². The van der Waals surface area contributed by atoms with Crippen molar-refractivity contribution in [1.82, 2.24) is 25.2 Å². The molecule has 0 saturated carbocycles. The summed E-state index contributed by atoms with van der Waals surface area (Å²) in [5.41, 5.74) is 2.95. The van der Waals surface area contributed by atoms with E-state index >= 15 is 0 Å². The molecular formula is C22H21N5O2. The molecule has 1 N–H and O–H groups in total. The number of nitrogens with one attached hydrogen (secondary N) is 1. The van der Waals surface area contributed by atoms with E-state index in [0.717, 1.165) is 24.0 Å². The fourth-order valence-electron chi connectivity index (χ4n) is 3.42. The highest BCUT2D eigenvalue weighted by molar-refractivity contribution is 5.95. The molecule has 0 aliphatic carbocycles. The third-order valence-electron chi connectivity index (χ3n) is 5.04. The third kappa shape index (κ3) is 4.45. The van der Waals surface area contributed by atoms with Crippen LogP contribution in [0.25, 0.3) is 11.1 Å². The molecule has 1 aliphatic heterocycles. The second kappa shape index (κ2) is 8.60. The van der Waals surface area contributed by atoms with Gasteiger partial charge in [0, 0.05) is 48.8 Å². The van der Waals surface area contributed by atoms with Crippen LogP contribution in [0.3, 0.4) is 0 Å². The van der Waals surface area contributed by atoms with E-state index in [2.05, 4.69) is 20.3 Å². The molecule has 1 aliphatic rings. The Kier molecular flexibility index (Phi) is 5.56. The molecule has 3 heterocycles. The molecular weight excluding hydrogens is 366 g/mol. The van der Waals surface area contributed by atoms with Crippen LogP contribution in [0.15, 0.2) is 67.4 Å². The van der Waals surface area contributed by atoms with E-state index < -0.39 is 0 Å². The molecule has 0 spiro atoms. The molecule has 0 bridgehead atoms. The molecule has 2 aromatic heterocycles. The Bertz CT molecular complexity index is 969. The molecule has 7 nitrogen and oxygen atoms in total. The summed E-state index contributed by atoms with van der Waals surface area (Å²) in [7, 11) is 0. The Labute approximate surface area is 168 Å². The molecule has 146 valence electrons. The summed E-state index contributed by atoms with van der Waals surface area (Å²) in [5, 5.41) is 3.01. The van der Waals surface area contributed by atoms with Crippen molar-refractivity contribution in [3.8, 4) is 11.1 Å². The van der Waals surface area contributed by atoms with Gasteiger partial charge in [-0.25, -0.2) is 9.97 Å². The van der Waals surface area contributed by atoms with Crippen LogP contribution in [0.2, 0.25) is 0 Å². The first kappa shape index (κ1) is 18.7. The van der Waals surface area contributed by atoms with Gasteiger partial charge >= 0.3 is 0 Å². The Hall–Kier alpha value is -3.61. The number of hydrogen-bond acceptors (Lipinski definition) is 5. The summed E-state index contributed by atoms with van der Waals surface area (Å²) in [6.07, 6.45) is 8.03. The van der Waals surface area contributed by atoms with Crippen molar-refractivity contribution in [2.75, 3.05) is 13.1 Å². The number of benzene rings is 1. The van der Waals surface area contributed by atoms with Crippen molar-refractivity contribution >= 4 is 11.8 Å². The summed E-state index contributed by atoms with van der Waals surface area (Å²) in [6, 6.07) is 12.8. The lowest BCUT2D eigenvalue weighted by Gasteiger charge is -2.32. The molecule has 1 saturated heterocycles. The van der Waals surface area contributed by atoms with Crippen LogP contribution in [-0.4, -0.2) is 50.8 Å². The van der Waals surface area contributed by atoms with Gasteiger partial charge in [-0.3, -0.25) is 14.6 Å². The highest BCUT2D eigenvalue weighted by Crippen LogP contribution is 2.20. The van der Waals surface area contributed by atoms with Crippen molar-refractivity contribution < 1.29 is 9.59 Å². The van der Waals surface area contributed by atoms with E-state index in [1.165, 1.54) is 6.33 Å². The summed E-state index contributed by atoms with van der Waals surface area (Å²) < 4.78 is 0. The van der Waals surface area contributed by atoms with Crippen molar-refractivity contribution in [3.63, 3.8) is 0 Å². The van der Waals surface area contributed by atoms with Gasteiger partial charge in [-0.1, -0.05) is 18.2 Å². The number of nitrogens with zero attached hydrogens (tertiary/aromatic N) is 4. The molecule has 0 unspecified atom stereocenters. The minimum atomic E-state index is -0.171. The lowest BCUT2D eigenvalue weighted by molar-refractivity contribution is 0.0697. The minimum absolute atomic E-state index is 0.00960. The largest absolute Gasteiger partial charge is 0.348 e. The third-order valence-corrected chi connectivity index (χ3v) is 5.04. The van der Waals surface area contributed by atoms with Gasteiger partial charge in [-0.05, 0) is 42.7 Å². The maximum Gasteiger partial charge on any atom is 0.270 e. The lowest BCUT2D eigenvalue weighted by atomic mass is 10.0. The van der Waals surface area contributed by atoms with Crippen LogP contribution >= 0.6 is 0 Å². The Morgan fingerprint density at radius 3 is 2.31 bits per heavy atom. The smallest absolute Gasteiger partial charge is 0.270 e. The van der Waals surface area contributed by atoms with Gasteiger partial charge in [0.25, 0.3) is 11.8 Å². The molecule has 1 fully saturated rings. The number of likely N-dealkylation sites (tertiary alicyclic amines) is 1. The van der Waals surface area contributed by atoms with E-state index in [1.54, 1.807) is 36.8 Å². The Morgan fingerprint density at radius 2 is 1.66 bits per heavy atom. The Balaban J connectivity index is 1.32. The molecule has 29 heavy (non-hydrogen) atoms. The van der Waals surface area contributed by atoms with Crippen molar-refractivity contribution in [2.24, 2.45) is 0 Å². The number of carbonyl (C=O) groups is 2. The number of rotatable bonds is 4. The van der Waals surface area contributed by atoms with Gasteiger partial charge in [-0.15, -0.1) is 0 Å². The second-order valence-electron chi connectivity index (χ2n) is 6.96. The normalized spacial score (nSPS) is 14.4. The topological polar surface area (TPSA) is 88.1 Å². The SMILES string of the molecule is O=C(NC1CCN(C(=O)c2ccc(-c3cncnc3)cc2)CC1)c1ccccn1. The standard InChI is InChI=1S/C22H21N5O2/c28-21(20-3-1-2-10-25-20)26-19-8-11-27(12-9-19)22(29)17-6-4-16(5-7-17)18-13-23-15-24-14-18/h1-7,10,13-15,19H,8-9,11-12H2,(H,26,28). The molecule has 3 aromatic rings. The van der Waals surface area contributed by atoms with E-state index in [1.807, 2.05) is 29.2 Å². The van der Waals surface area contributed by atoms with Gasteiger partial charge in [0.1, 0.15) is 12.0 Å².